The summed E-state index contributed by atoms with van der Waals surface area (Å²) in [5.74, 6) is 0.432. The van der Waals surface area contributed by atoms with Crippen molar-refractivity contribution in [1.82, 2.24) is 0 Å². The molecule has 1 rings (SSSR count). The van der Waals surface area contributed by atoms with Crippen LogP contribution in [0.15, 0.2) is 24.3 Å². The predicted molar refractivity (Wildman–Crippen MR) is 59.3 cm³/mol. The molecule has 0 heterocycles. The molecule has 0 aliphatic carbocycles. The SMILES string of the molecule is COC(C)c1ccc(C(C)CN)cc1. The molecule has 2 unspecified atom stereocenters. The number of nitrogens with two attached hydrogens (primary N) is 1. The Kier molecular flexibility index (Phi) is 4.11. The molecule has 2 nitrogen and oxygen atoms in total. The first-order valence-electron chi connectivity index (χ1n) is 5.01. The highest BCUT2D eigenvalue weighted by molar-refractivity contribution is 5.26. The Morgan fingerprint density at radius 2 is 1.64 bits per heavy atom. The van der Waals surface area contributed by atoms with Gasteiger partial charge in [0.25, 0.3) is 0 Å². The standard InChI is InChI=1S/C12H19NO/c1-9(8-13)11-4-6-12(7-5-11)10(2)14-3/h4-7,9-10H,8,13H2,1-3H3. The maximum absolute atomic E-state index is 5.60. The molecule has 2 atom stereocenters. The van der Waals surface area contributed by atoms with Crippen LogP contribution in [-0.4, -0.2) is 13.7 Å². The van der Waals surface area contributed by atoms with Gasteiger partial charge in [0.15, 0.2) is 0 Å². The normalized spacial score (nSPS) is 15.1. The molecule has 0 aliphatic heterocycles. The van der Waals surface area contributed by atoms with Crippen molar-refractivity contribution >= 4 is 0 Å². The van der Waals surface area contributed by atoms with E-state index in [0.717, 1.165) is 0 Å². The number of hydrogen-bond donors (Lipinski definition) is 1. The highest BCUT2D eigenvalue weighted by Gasteiger charge is 2.05. The Balaban J connectivity index is 2.78. The van der Waals surface area contributed by atoms with Gasteiger partial charge >= 0.3 is 0 Å². The molecule has 78 valence electrons. The van der Waals surface area contributed by atoms with Crippen molar-refractivity contribution in [3.05, 3.63) is 35.4 Å². The lowest BCUT2D eigenvalue weighted by molar-refractivity contribution is 0.119. The van der Waals surface area contributed by atoms with Gasteiger partial charge in [-0.1, -0.05) is 31.2 Å². The molecule has 0 spiro atoms. The van der Waals surface area contributed by atoms with E-state index >= 15 is 0 Å². The Bertz CT molecular complexity index is 239. The van der Waals surface area contributed by atoms with Gasteiger partial charge in [-0.3, -0.25) is 0 Å². The molecule has 0 saturated heterocycles. The molecular formula is C12H19NO. The smallest absolute Gasteiger partial charge is 0.0793 e. The minimum atomic E-state index is 0.164. The summed E-state index contributed by atoms with van der Waals surface area (Å²) in [6.45, 7) is 4.87. The Morgan fingerprint density at radius 1 is 1.14 bits per heavy atom. The third-order valence-electron chi connectivity index (χ3n) is 2.68. The molecule has 1 aromatic carbocycles. The molecule has 0 radical (unpaired) electrons. The molecule has 0 fully saturated rings. The quantitative estimate of drug-likeness (QED) is 0.797. The van der Waals surface area contributed by atoms with E-state index in [1.165, 1.54) is 11.1 Å². The fourth-order valence-corrected chi connectivity index (χ4v) is 1.37. The zero-order chi connectivity index (χ0) is 10.6. The van der Waals surface area contributed by atoms with Gasteiger partial charge in [0.05, 0.1) is 6.10 Å². The molecule has 0 amide bonds. The van der Waals surface area contributed by atoms with Crippen LogP contribution in [0.25, 0.3) is 0 Å². The Hall–Kier alpha value is -0.860. The zero-order valence-electron chi connectivity index (χ0n) is 9.16. The van der Waals surface area contributed by atoms with Crippen molar-refractivity contribution < 1.29 is 4.74 Å². The summed E-state index contributed by atoms with van der Waals surface area (Å²) in [7, 11) is 1.72. The topological polar surface area (TPSA) is 35.2 Å². The number of methoxy groups -OCH3 is 1. The number of ether oxygens (including phenoxy) is 1. The first kappa shape index (κ1) is 11.2. The van der Waals surface area contributed by atoms with Gasteiger partial charge in [0.2, 0.25) is 0 Å². The van der Waals surface area contributed by atoms with Crippen molar-refractivity contribution in [3.8, 4) is 0 Å². The first-order chi connectivity index (χ1) is 6.69. The van der Waals surface area contributed by atoms with Crippen LogP contribution in [0.5, 0.6) is 0 Å². The third-order valence-corrected chi connectivity index (χ3v) is 2.68. The predicted octanol–water partition coefficient (Wildman–Crippen LogP) is 2.46. The van der Waals surface area contributed by atoms with Gasteiger partial charge in [-0.25, -0.2) is 0 Å². The summed E-state index contributed by atoms with van der Waals surface area (Å²) in [4.78, 5) is 0. The lowest BCUT2D eigenvalue weighted by atomic mass is 9.99. The Morgan fingerprint density at radius 3 is 2.07 bits per heavy atom. The maximum Gasteiger partial charge on any atom is 0.0793 e. The van der Waals surface area contributed by atoms with E-state index in [1.54, 1.807) is 7.11 Å². The van der Waals surface area contributed by atoms with Gasteiger partial charge in [-0.15, -0.1) is 0 Å². The largest absolute Gasteiger partial charge is 0.377 e. The van der Waals surface area contributed by atoms with Crippen LogP contribution < -0.4 is 5.73 Å². The summed E-state index contributed by atoms with van der Waals surface area (Å²) in [6, 6.07) is 8.47. The maximum atomic E-state index is 5.60. The highest BCUT2D eigenvalue weighted by atomic mass is 16.5. The van der Waals surface area contributed by atoms with Crippen molar-refractivity contribution in [2.45, 2.75) is 25.9 Å². The lowest BCUT2D eigenvalue weighted by Crippen LogP contribution is -2.08. The molecule has 2 N–H and O–H groups in total. The van der Waals surface area contributed by atoms with Crippen molar-refractivity contribution in [1.29, 1.82) is 0 Å². The van der Waals surface area contributed by atoms with Crippen LogP contribution >= 0.6 is 0 Å². The minimum absolute atomic E-state index is 0.164. The van der Waals surface area contributed by atoms with Crippen LogP contribution in [0, 0.1) is 0 Å². The molecular weight excluding hydrogens is 174 g/mol. The van der Waals surface area contributed by atoms with E-state index < -0.39 is 0 Å². The average Bonchev–Trinajstić information content (AvgIpc) is 2.27. The number of benzene rings is 1. The molecule has 0 aromatic heterocycles. The van der Waals surface area contributed by atoms with Gasteiger partial charge in [0.1, 0.15) is 0 Å². The third kappa shape index (κ3) is 2.56. The van der Waals surface area contributed by atoms with Crippen molar-refractivity contribution in [2.24, 2.45) is 5.73 Å². The summed E-state index contributed by atoms with van der Waals surface area (Å²) in [6.07, 6.45) is 0.164. The van der Waals surface area contributed by atoms with Crippen LogP contribution in [0.2, 0.25) is 0 Å². The second kappa shape index (κ2) is 5.13. The fourth-order valence-electron chi connectivity index (χ4n) is 1.37. The van der Waals surface area contributed by atoms with E-state index in [-0.39, 0.29) is 6.10 Å². The minimum Gasteiger partial charge on any atom is -0.377 e. The van der Waals surface area contributed by atoms with E-state index in [0.29, 0.717) is 12.5 Å². The monoisotopic (exact) mass is 193 g/mol. The van der Waals surface area contributed by atoms with Gasteiger partial charge in [-0.2, -0.15) is 0 Å². The fraction of sp³-hybridized carbons (Fsp3) is 0.500. The zero-order valence-corrected chi connectivity index (χ0v) is 9.16. The molecule has 0 bridgehead atoms. The van der Waals surface area contributed by atoms with Gasteiger partial charge in [-0.05, 0) is 30.5 Å². The van der Waals surface area contributed by atoms with Crippen molar-refractivity contribution in [2.75, 3.05) is 13.7 Å². The Labute approximate surface area is 86.1 Å². The summed E-state index contributed by atoms with van der Waals surface area (Å²) < 4.78 is 5.24. The summed E-state index contributed by atoms with van der Waals surface area (Å²) in [5, 5.41) is 0. The average molecular weight is 193 g/mol. The summed E-state index contributed by atoms with van der Waals surface area (Å²) in [5.41, 5.74) is 8.10. The van der Waals surface area contributed by atoms with Crippen LogP contribution in [0.4, 0.5) is 0 Å². The molecule has 2 heteroatoms. The van der Waals surface area contributed by atoms with E-state index in [9.17, 15) is 0 Å². The van der Waals surface area contributed by atoms with E-state index in [4.69, 9.17) is 10.5 Å². The van der Waals surface area contributed by atoms with Crippen molar-refractivity contribution in [3.63, 3.8) is 0 Å². The molecule has 14 heavy (non-hydrogen) atoms. The molecule has 0 saturated carbocycles. The molecule has 0 aliphatic rings. The summed E-state index contributed by atoms with van der Waals surface area (Å²) >= 11 is 0. The highest BCUT2D eigenvalue weighted by Crippen LogP contribution is 2.19. The van der Waals surface area contributed by atoms with Crippen LogP contribution in [0.1, 0.15) is 37.0 Å². The van der Waals surface area contributed by atoms with E-state index in [2.05, 4.69) is 31.2 Å². The second-order valence-corrected chi connectivity index (χ2v) is 3.68. The van der Waals surface area contributed by atoms with Crippen LogP contribution in [-0.2, 0) is 4.74 Å². The van der Waals surface area contributed by atoms with Gasteiger partial charge < -0.3 is 10.5 Å². The number of hydrogen-bond acceptors (Lipinski definition) is 2. The number of rotatable bonds is 4. The lowest BCUT2D eigenvalue weighted by Gasteiger charge is -2.12. The molecule has 1 aromatic rings. The van der Waals surface area contributed by atoms with Gasteiger partial charge in [0, 0.05) is 7.11 Å². The second-order valence-electron chi connectivity index (χ2n) is 3.68. The van der Waals surface area contributed by atoms with Crippen LogP contribution in [0.3, 0.4) is 0 Å². The first-order valence-corrected chi connectivity index (χ1v) is 5.01. The van der Waals surface area contributed by atoms with E-state index in [1.807, 2.05) is 6.92 Å².